The van der Waals surface area contributed by atoms with E-state index in [1.165, 1.54) is 29.3 Å². The number of hydrazone groups is 1. The Morgan fingerprint density at radius 2 is 1.67 bits per heavy atom. The van der Waals surface area contributed by atoms with Crippen LogP contribution in [0.2, 0.25) is 0 Å². The third-order valence-electron chi connectivity index (χ3n) is 6.66. The first-order chi connectivity index (χ1) is 17.6. The molecule has 0 spiro atoms. The zero-order chi connectivity index (χ0) is 24.9. The third kappa shape index (κ3) is 5.28. The van der Waals surface area contributed by atoms with Gasteiger partial charge in [-0.3, -0.25) is 9.59 Å². The van der Waals surface area contributed by atoms with Crippen LogP contribution in [0.1, 0.15) is 42.0 Å². The molecule has 0 aromatic heterocycles. The fourth-order valence-electron chi connectivity index (χ4n) is 4.97. The minimum absolute atomic E-state index is 0.0310. The second-order valence-corrected chi connectivity index (χ2v) is 9.12. The van der Waals surface area contributed by atoms with Crippen LogP contribution in [0.3, 0.4) is 0 Å². The van der Waals surface area contributed by atoms with E-state index in [1.54, 1.807) is 0 Å². The van der Waals surface area contributed by atoms with E-state index in [9.17, 15) is 14.0 Å². The van der Waals surface area contributed by atoms with Crippen LogP contribution in [0.4, 0.5) is 4.39 Å². The second kappa shape index (κ2) is 10.7. The van der Waals surface area contributed by atoms with Crippen LogP contribution in [0.5, 0.6) is 0 Å². The SMILES string of the molecule is O=C(Cc1ccc(F)cc1)OCC(=O)N1N=C2/C(=C/c3ccccc3)CCC[C@H]2[C@H]1c1ccccc1. The van der Waals surface area contributed by atoms with Gasteiger partial charge in [0.25, 0.3) is 5.91 Å². The zero-order valence-electron chi connectivity index (χ0n) is 19.8. The molecule has 1 heterocycles. The van der Waals surface area contributed by atoms with E-state index in [0.717, 1.165) is 41.7 Å². The molecular formula is C30H27FN2O3. The van der Waals surface area contributed by atoms with Crippen molar-refractivity contribution in [1.29, 1.82) is 0 Å². The molecule has 1 saturated carbocycles. The summed E-state index contributed by atoms with van der Waals surface area (Å²) in [6.45, 7) is -0.398. The van der Waals surface area contributed by atoms with Gasteiger partial charge in [-0.05, 0) is 59.7 Å². The molecule has 0 saturated heterocycles. The molecule has 5 rings (SSSR count). The van der Waals surface area contributed by atoms with Crippen LogP contribution in [-0.4, -0.2) is 29.2 Å². The van der Waals surface area contributed by atoms with E-state index in [1.807, 2.05) is 48.5 Å². The Labute approximate surface area is 209 Å². The van der Waals surface area contributed by atoms with Crippen LogP contribution in [-0.2, 0) is 20.7 Å². The maximum absolute atomic E-state index is 13.3. The highest BCUT2D eigenvalue weighted by atomic mass is 19.1. The molecule has 36 heavy (non-hydrogen) atoms. The van der Waals surface area contributed by atoms with Crippen molar-refractivity contribution in [2.24, 2.45) is 11.0 Å². The first-order valence-corrected chi connectivity index (χ1v) is 12.2. The summed E-state index contributed by atoms with van der Waals surface area (Å²) < 4.78 is 18.4. The Morgan fingerprint density at radius 1 is 0.972 bits per heavy atom. The Hall–Kier alpha value is -4.06. The van der Waals surface area contributed by atoms with Crippen LogP contribution < -0.4 is 0 Å². The molecule has 2 aliphatic rings. The van der Waals surface area contributed by atoms with E-state index in [2.05, 4.69) is 18.2 Å². The van der Waals surface area contributed by atoms with Crippen molar-refractivity contribution in [3.63, 3.8) is 0 Å². The fraction of sp³-hybridized carbons (Fsp3) is 0.233. The summed E-state index contributed by atoms with van der Waals surface area (Å²) in [5.74, 6) is -1.20. The Kier molecular flexibility index (Phi) is 7.03. The van der Waals surface area contributed by atoms with Crippen molar-refractivity contribution in [2.75, 3.05) is 6.61 Å². The van der Waals surface area contributed by atoms with Gasteiger partial charge in [0, 0.05) is 5.92 Å². The van der Waals surface area contributed by atoms with Crippen molar-refractivity contribution in [1.82, 2.24) is 5.01 Å². The quantitative estimate of drug-likeness (QED) is 0.422. The molecule has 1 aliphatic heterocycles. The molecule has 2 atom stereocenters. The number of hydrogen-bond donors (Lipinski definition) is 0. The molecule has 182 valence electrons. The number of halogens is 1. The van der Waals surface area contributed by atoms with Gasteiger partial charge in [0.2, 0.25) is 0 Å². The van der Waals surface area contributed by atoms with Crippen molar-refractivity contribution in [3.05, 3.63) is 113 Å². The van der Waals surface area contributed by atoms with Gasteiger partial charge in [-0.2, -0.15) is 5.10 Å². The molecule has 0 radical (unpaired) electrons. The average Bonchev–Trinajstić information content (AvgIpc) is 3.31. The van der Waals surface area contributed by atoms with Gasteiger partial charge >= 0.3 is 5.97 Å². The lowest BCUT2D eigenvalue weighted by Crippen LogP contribution is -2.34. The molecule has 1 aliphatic carbocycles. The molecule has 0 N–H and O–H groups in total. The highest BCUT2D eigenvalue weighted by Crippen LogP contribution is 2.44. The first kappa shape index (κ1) is 23.7. The number of hydrogen-bond acceptors (Lipinski definition) is 4. The number of allylic oxidation sites excluding steroid dienone is 1. The molecule has 0 unspecified atom stereocenters. The molecular weight excluding hydrogens is 455 g/mol. The van der Waals surface area contributed by atoms with Crippen molar-refractivity contribution in [3.8, 4) is 0 Å². The molecule has 3 aromatic carbocycles. The number of benzene rings is 3. The van der Waals surface area contributed by atoms with Crippen LogP contribution in [0.15, 0.2) is 95.6 Å². The normalized spacial score (nSPS) is 20.1. The van der Waals surface area contributed by atoms with Gasteiger partial charge < -0.3 is 4.74 Å². The third-order valence-corrected chi connectivity index (χ3v) is 6.66. The molecule has 5 nitrogen and oxygen atoms in total. The van der Waals surface area contributed by atoms with Gasteiger partial charge in [0.15, 0.2) is 6.61 Å². The van der Waals surface area contributed by atoms with Gasteiger partial charge in [-0.15, -0.1) is 0 Å². The lowest BCUT2D eigenvalue weighted by atomic mass is 9.77. The lowest BCUT2D eigenvalue weighted by Gasteiger charge is -2.29. The number of rotatable bonds is 6. The number of carbonyl (C=O) groups is 2. The Balaban J connectivity index is 1.36. The van der Waals surface area contributed by atoms with E-state index in [0.29, 0.717) is 5.56 Å². The first-order valence-electron chi connectivity index (χ1n) is 12.2. The standard InChI is InChI=1S/C30H27FN2O3/c31-25-16-14-22(15-17-25)19-28(35)36-20-27(34)33-30(23-10-5-2-6-11-23)26-13-7-12-24(29(26)32-33)18-21-8-3-1-4-9-21/h1-6,8-11,14-18,26,30H,7,12-13,19-20H2/b24-18+/t26-,30-/m1/s1. The van der Waals surface area contributed by atoms with Gasteiger partial charge in [0.1, 0.15) is 5.82 Å². The van der Waals surface area contributed by atoms with Crippen molar-refractivity contribution in [2.45, 2.75) is 31.7 Å². The summed E-state index contributed by atoms with van der Waals surface area (Å²) >= 11 is 0. The number of ether oxygens (including phenoxy) is 1. The van der Waals surface area contributed by atoms with Gasteiger partial charge in [-0.1, -0.05) is 72.8 Å². The molecule has 0 bridgehead atoms. The monoisotopic (exact) mass is 482 g/mol. The average molecular weight is 483 g/mol. The lowest BCUT2D eigenvalue weighted by molar-refractivity contribution is -0.152. The number of fused-ring (bicyclic) bond motifs is 1. The maximum atomic E-state index is 13.3. The molecule has 1 amide bonds. The smallest absolute Gasteiger partial charge is 0.310 e. The number of nitrogens with zero attached hydrogens (tertiary/aromatic N) is 2. The molecule has 1 fully saturated rings. The zero-order valence-corrected chi connectivity index (χ0v) is 19.8. The minimum Gasteiger partial charge on any atom is -0.455 e. The number of amides is 1. The molecule has 6 heteroatoms. The summed E-state index contributed by atoms with van der Waals surface area (Å²) in [5, 5.41) is 6.32. The van der Waals surface area contributed by atoms with Crippen molar-refractivity contribution >= 4 is 23.7 Å². The second-order valence-electron chi connectivity index (χ2n) is 9.12. The number of esters is 1. The molecule has 3 aromatic rings. The topological polar surface area (TPSA) is 59.0 Å². The van der Waals surface area contributed by atoms with Crippen LogP contribution >= 0.6 is 0 Å². The predicted octanol–water partition coefficient (Wildman–Crippen LogP) is 5.73. The largest absolute Gasteiger partial charge is 0.455 e. The minimum atomic E-state index is -0.542. The highest BCUT2D eigenvalue weighted by Gasteiger charge is 2.43. The van der Waals surface area contributed by atoms with Crippen LogP contribution in [0.25, 0.3) is 6.08 Å². The fourth-order valence-corrected chi connectivity index (χ4v) is 4.97. The number of carbonyl (C=O) groups excluding carboxylic acids is 2. The van der Waals surface area contributed by atoms with E-state index in [-0.39, 0.29) is 30.1 Å². The Morgan fingerprint density at radius 3 is 2.39 bits per heavy atom. The Bertz CT molecular complexity index is 1290. The maximum Gasteiger partial charge on any atom is 0.310 e. The summed E-state index contributed by atoms with van der Waals surface area (Å²) in [4.78, 5) is 25.7. The van der Waals surface area contributed by atoms with E-state index < -0.39 is 12.6 Å². The highest BCUT2D eigenvalue weighted by molar-refractivity contribution is 6.08. The van der Waals surface area contributed by atoms with Gasteiger partial charge in [-0.25, -0.2) is 9.40 Å². The van der Waals surface area contributed by atoms with Crippen LogP contribution in [0, 0.1) is 11.7 Å². The summed E-state index contributed by atoms with van der Waals surface area (Å²) in [7, 11) is 0. The van der Waals surface area contributed by atoms with E-state index in [4.69, 9.17) is 9.84 Å². The predicted molar refractivity (Wildman–Crippen MR) is 136 cm³/mol. The summed E-state index contributed by atoms with van der Waals surface area (Å²) in [5.41, 5.74) is 4.81. The van der Waals surface area contributed by atoms with Crippen molar-refractivity contribution < 1.29 is 18.7 Å². The summed E-state index contributed by atoms with van der Waals surface area (Å²) in [6.07, 6.45) is 4.97. The van der Waals surface area contributed by atoms with E-state index >= 15 is 0 Å². The van der Waals surface area contributed by atoms with Gasteiger partial charge in [0.05, 0.1) is 18.2 Å². The summed E-state index contributed by atoms with van der Waals surface area (Å²) in [6, 6.07) is 25.4.